The molecule has 0 unspecified atom stereocenters. The third-order valence-electron chi connectivity index (χ3n) is 5.21. The van der Waals surface area contributed by atoms with Crippen molar-refractivity contribution in [2.45, 2.75) is 13.0 Å². The molecular weight excluding hydrogens is 294 g/mol. The monoisotopic (exact) mass is 315 g/mol. The third-order valence-corrected chi connectivity index (χ3v) is 5.21. The lowest BCUT2D eigenvalue weighted by Crippen LogP contribution is -2.38. The van der Waals surface area contributed by atoms with E-state index in [-0.39, 0.29) is 29.6 Å². The molecule has 1 aromatic rings. The number of aromatic nitrogens is 1. The molecule has 3 aliphatic heterocycles. The fraction of sp³-hybridized carbons (Fsp3) is 0.588. The smallest absolute Gasteiger partial charge is 0.228 e. The Morgan fingerprint density at radius 1 is 1.35 bits per heavy atom. The highest BCUT2D eigenvalue weighted by Crippen LogP contribution is 2.34. The molecule has 3 atom stereocenters. The largest absolute Gasteiger partial charge is 0.381 e. The van der Waals surface area contributed by atoms with Crippen LogP contribution in [0.5, 0.6) is 0 Å². The molecule has 0 aromatic carbocycles. The lowest BCUT2D eigenvalue weighted by atomic mass is 10.0. The van der Waals surface area contributed by atoms with Crippen molar-refractivity contribution in [3.63, 3.8) is 0 Å². The maximum atomic E-state index is 12.6. The maximum absolute atomic E-state index is 12.6. The first kappa shape index (κ1) is 14.6. The molecular formula is C17H21N3O3. The predicted molar refractivity (Wildman–Crippen MR) is 82.1 cm³/mol. The van der Waals surface area contributed by atoms with Crippen LogP contribution in [0.25, 0.3) is 0 Å². The van der Waals surface area contributed by atoms with E-state index in [0.29, 0.717) is 32.8 Å². The number of rotatable bonds is 3. The zero-order chi connectivity index (χ0) is 15.8. The molecule has 23 heavy (non-hydrogen) atoms. The second-order valence-corrected chi connectivity index (χ2v) is 6.75. The Balaban J connectivity index is 1.38. The number of amides is 2. The highest BCUT2D eigenvalue weighted by atomic mass is 16.5. The van der Waals surface area contributed by atoms with Gasteiger partial charge in [0.05, 0.1) is 18.4 Å². The lowest BCUT2D eigenvalue weighted by molar-refractivity contribution is -0.136. The van der Waals surface area contributed by atoms with Crippen LogP contribution in [-0.2, 0) is 20.9 Å². The average Bonchev–Trinajstić information content (AvgIpc) is 3.28. The number of hydrogen-bond donors (Lipinski definition) is 0. The van der Waals surface area contributed by atoms with E-state index in [2.05, 4.69) is 4.98 Å². The van der Waals surface area contributed by atoms with Crippen LogP contribution >= 0.6 is 0 Å². The van der Waals surface area contributed by atoms with E-state index in [4.69, 9.17) is 4.74 Å². The van der Waals surface area contributed by atoms with Gasteiger partial charge < -0.3 is 14.5 Å². The van der Waals surface area contributed by atoms with Crippen LogP contribution in [0, 0.1) is 17.8 Å². The molecule has 0 aliphatic carbocycles. The average molecular weight is 315 g/mol. The topological polar surface area (TPSA) is 62.7 Å². The van der Waals surface area contributed by atoms with Crippen molar-refractivity contribution >= 4 is 11.8 Å². The van der Waals surface area contributed by atoms with Crippen molar-refractivity contribution in [3.05, 3.63) is 30.1 Å². The Morgan fingerprint density at radius 3 is 2.96 bits per heavy atom. The molecule has 3 fully saturated rings. The zero-order valence-corrected chi connectivity index (χ0v) is 13.1. The van der Waals surface area contributed by atoms with Gasteiger partial charge in [-0.2, -0.15) is 0 Å². The minimum absolute atomic E-state index is 0.00424. The van der Waals surface area contributed by atoms with Crippen LogP contribution in [0.15, 0.2) is 24.5 Å². The second kappa shape index (κ2) is 5.92. The van der Waals surface area contributed by atoms with Crippen LogP contribution in [0.4, 0.5) is 0 Å². The van der Waals surface area contributed by atoms with Gasteiger partial charge in [-0.05, 0) is 18.1 Å². The SMILES string of the molecule is O=C([C@H]1CCOC1)N1C[C@H]2CN(Cc3cccnc3)C(=O)[C@H]2C1. The summed E-state index contributed by atoms with van der Waals surface area (Å²) in [6.07, 6.45) is 4.35. The van der Waals surface area contributed by atoms with Crippen LogP contribution in [0.3, 0.4) is 0 Å². The van der Waals surface area contributed by atoms with Crippen LogP contribution in [0.1, 0.15) is 12.0 Å². The summed E-state index contributed by atoms with van der Waals surface area (Å²) in [6, 6.07) is 3.88. The van der Waals surface area contributed by atoms with Crippen molar-refractivity contribution < 1.29 is 14.3 Å². The summed E-state index contributed by atoms with van der Waals surface area (Å²) >= 11 is 0. The van der Waals surface area contributed by atoms with E-state index in [1.54, 1.807) is 12.4 Å². The van der Waals surface area contributed by atoms with Gasteiger partial charge in [-0.1, -0.05) is 6.07 Å². The summed E-state index contributed by atoms with van der Waals surface area (Å²) in [6.45, 7) is 3.84. The Labute approximate surface area is 135 Å². The van der Waals surface area contributed by atoms with Gasteiger partial charge in [0.15, 0.2) is 0 Å². The Morgan fingerprint density at radius 2 is 2.26 bits per heavy atom. The molecule has 4 rings (SSSR count). The third kappa shape index (κ3) is 2.72. The number of ether oxygens (including phenoxy) is 1. The summed E-state index contributed by atoms with van der Waals surface area (Å²) in [5.74, 6) is 0.583. The minimum Gasteiger partial charge on any atom is -0.381 e. The Hall–Kier alpha value is -1.95. The number of nitrogens with zero attached hydrogens (tertiary/aromatic N) is 3. The number of hydrogen-bond acceptors (Lipinski definition) is 4. The van der Waals surface area contributed by atoms with Gasteiger partial charge in [0.1, 0.15) is 0 Å². The Kier molecular flexibility index (Phi) is 3.77. The lowest BCUT2D eigenvalue weighted by Gasteiger charge is -2.23. The number of pyridine rings is 1. The van der Waals surface area contributed by atoms with Crippen molar-refractivity contribution in [2.75, 3.05) is 32.8 Å². The molecule has 0 saturated carbocycles. The maximum Gasteiger partial charge on any atom is 0.228 e. The van der Waals surface area contributed by atoms with Gasteiger partial charge in [-0.3, -0.25) is 14.6 Å². The van der Waals surface area contributed by atoms with E-state index in [0.717, 1.165) is 18.5 Å². The minimum atomic E-state index is -0.0297. The summed E-state index contributed by atoms with van der Waals surface area (Å²) in [5, 5.41) is 0. The van der Waals surface area contributed by atoms with Gasteiger partial charge in [0.2, 0.25) is 11.8 Å². The molecule has 6 heteroatoms. The van der Waals surface area contributed by atoms with Crippen molar-refractivity contribution in [1.29, 1.82) is 0 Å². The molecule has 1 aromatic heterocycles. The molecule has 122 valence electrons. The van der Waals surface area contributed by atoms with Gasteiger partial charge in [-0.25, -0.2) is 0 Å². The quantitative estimate of drug-likeness (QED) is 0.816. The van der Waals surface area contributed by atoms with Crippen molar-refractivity contribution in [1.82, 2.24) is 14.8 Å². The fourth-order valence-corrected chi connectivity index (χ4v) is 3.97. The molecule has 4 heterocycles. The van der Waals surface area contributed by atoms with Crippen LogP contribution in [-0.4, -0.2) is 59.4 Å². The molecule has 0 spiro atoms. The highest BCUT2D eigenvalue weighted by molar-refractivity contribution is 5.85. The summed E-state index contributed by atoms with van der Waals surface area (Å²) in [4.78, 5) is 33.0. The van der Waals surface area contributed by atoms with E-state index in [9.17, 15) is 9.59 Å². The first-order chi connectivity index (χ1) is 11.2. The molecule has 3 saturated heterocycles. The molecule has 0 N–H and O–H groups in total. The molecule has 3 aliphatic rings. The Bertz CT molecular complexity index is 600. The first-order valence-corrected chi connectivity index (χ1v) is 8.26. The number of fused-ring (bicyclic) bond motifs is 1. The van der Waals surface area contributed by atoms with Crippen molar-refractivity contribution in [2.24, 2.45) is 17.8 Å². The summed E-state index contributed by atoms with van der Waals surface area (Å²) in [7, 11) is 0. The van der Waals surface area contributed by atoms with Gasteiger partial charge >= 0.3 is 0 Å². The highest BCUT2D eigenvalue weighted by Gasteiger charge is 2.48. The molecule has 2 amide bonds. The molecule has 0 bridgehead atoms. The van der Waals surface area contributed by atoms with E-state index < -0.39 is 0 Å². The second-order valence-electron chi connectivity index (χ2n) is 6.75. The number of likely N-dealkylation sites (tertiary alicyclic amines) is 2. The molecule has 6 nitrogen and oxygen atoms in total. The number of carbonyl (C=O) groups excluding carboxylic acids is 2. The fourth-order valence-electron chi connectivity index (χ4n) is 3.97. The van der Waals surface area contributed by atoms with Gasteiger partial charge in [-0.15, -0.1) is 0 Å². The van der Waals surface area contributed by atoms with E-state index in [1.807, 2.05) is 21.9 Å². The zero-order valence-electron chi connectivity index (χ0n) is 13.1. The molecule has 0 radical (unpaired) electrons. The summed E-state index contributed by atoms with van der Waals surface area (Å²) < 4.78 is 5.31. The first-order valence-electron chi connectivity index (χ1n) is 8.26. The normalized spacial score (nSPS) is 30.1. The van der Waals surface area contributed by atoms with Crippen LogP contribution in [0.2, 0.25) is 0 Å². The van der Waals surface area contributed by atoms with E-state index in [1.165, 1.54) is 0 Å². The van der Waals surface area contributed by atoms with Crippen LogP contribution < -0.4 is 0 Å². The standard InChI is InChI=1S/C17H21N3O3/c21-16(13-3-5-23-11-13)20-9-14-8-19(17(22)15(14)10-20)7-12-2-1-4-18-6-12/h1-2,4,6,13-15H,3,5,7-11H2/t13-,14+,15-/m0/s1. The van der Waals surface area contributed by atoms with E-state index >= 15 is 0 Å². The van der Waals surface area contributed by atoms with Gasteiger partial charge in [0.25, 0.3) is 0 Å². The van der Waals surface area contributed by atoms with Crippen molar-refractivity contribution in [3.8, 4) is 0 Å². The summed E-state index contributed by atoms with van der Waals surface area (Å²) in [5.41, 5.74) is 1.05. The predicted octanol–water partition coefficient (Wildman–Crippen LogP) is 0.535. The number of carbonyl (C=O) groups is 2. The van der Waals surface area contributed by atoms with Gasteiger partial charge in [0, 0.05) is 51.1 Å².